The second-order valence-electron chi connectivity index (χ2n) is 3.92. The lowest BCUT2D eigenvalue weighted by Crippen LogP contribution is -2.23. The summed E-state index contributed by atoms with van der Waals surface area (Å²) in [6, 6.07) is 4.89. The van der Waals surface area contributed by atoms with Gasteiger partial charge in [0, 0.05) is 34.7 Å². The van der Waals surface area contributed by atoms with Crippen LogP contribution in [-0.2, 0) is 16.6 Å². The summed E-state index contributed by atoms with van der Waals surface area (Å²) in [7, 11) is -3.54. The van der Waals surface area contributed by atoms with E-state index in [0.717, 1.165) is 9.35 Å². The first-order valence-corrected chi connectivity index (χ1v) is 9.10. The first kappa shape index (κ1) is 15.4. The molecule has 0 aliphatic rings. The first-order chi connectivity index (χ1) is 9.53. The molecule has 2 N–H and O–H groups in total. The number of pyridine rings is 1. The van der Waals surface area contributed by atoms with Gasteiger partial charge in [0.25, 0.3) is 0 Å². The molecule has 0 bridgehead atoms. The van der Waals surface area contributed by atoms with Gasteiger partial charge in [0.2, 0.25) is 10.0 Å². The third-order valence-electron chi connectivity index (χ3n) is 2.51. The molecule has 0 amide bonds. The van der Waals surface area contributed by atoms with Gasteiger partial charge in [0.1, 0.15) is 5.82 Å². The van der Waals surface area contributed by atoms with Gasteiger partial charge in [0.15, 0.2) is 0 Å². The van der Waals surface area contributed by atoms with Crippen molar-refractivity contribution in [1.82, 2.24) is 9.71 Å². The maximum Gasteiger partial charge on any atom is 0.241 e. The monoisotopic (exact) mass is 375 g/mol. The molecule has 0 spiro atoms. The minimum Gasteiger partial charge on any atom is -0.370 e. The average molecular weight is 376 g/mol. The number of nitrogens with zero attached hydrogens (tertiary/aromatic N) is 1. The number of nitrogens with one attached hydrogen (secondary N) is 2. The van der Waals surface area contributed by atoms with Crippen molar-refractivity contribution >= 4 is 43.1 Å². The number of aromatic nitrogens is 1. The molecule has 0 aliphatic carbocycles. The zero-order valence-corrected chi connectivity index (χ0v) is 14.0. The lowest BCUT2D eigenvalue weighted by atomic mass is 10.4. The molecule has 0 unspecified atom stereocenters. The van der Waals surface area contributed by atoms with Gasteiger partial charge in [-0.2, -0.15) is 0 Å². The first-order valence-electron chi connectivity index (χ1n) is 5.94. The van der Waals surface area contributed by atoms with E-state index in [4.69, 9.17) is 0 Å². The van der Waals surface area contributed by atoms with Crippen LogP contribution in [0.2, 0.25) is 0 Å². The lowest BCUT2D eigenvalue weighted by Gasteiger charge is -2.08. The lowest BCUT2D eigenvalue weighted by molar-refractivity contribution is 0.581. The quantitative estimate of drug-likeness (QED) is 0.814. The standard InChI is InChI=1S/C12H14BrN3O2S2/c1-2-14-12-7-9(3-5-15-12)20(17,18)16-8-11-10(13)4-6-19-11/h3-7,16H,2,8H2,1H3,(H,14,15). The predicted octanol–water partition coefficient (Wildman–Crippen LogP) is 2.82. The van der Waals surface area contributed by atoms with E-state index in [1.165, 1.54) is 29.7 Å². The summed E-state index contributed by atoms with van der Waals surface area (Å²) in [5, 5.41) is 4.90. The van der Waals surface area contributed by atoms with Crippen LogP contribution in [0.4, 0.5) is 5.82 Å². The molecule has 8 heteroatoms. The summed E-state index contributed by atoms with van der Waals surface area (Å²) < 4.78 is 27.9. The van der Waals surface area contributed by atoms with Gasteiger partial charge in [0.05, 0.1) is 4.90 Å². The van der Waals surface area contributed by atoms with Crippen molar-refractivity contribution in [2.24, 2.45) is 0 Å². The summed E-state index contributed by atoms with van der Waals surface area (Å²) in [6.07, 6.45) is 1.48. The van der Waals surface area contributed by atoms with Crippen molar-refractivity contribution < 1.29 is 8.42 Å². The zero-order chi connectivity index (χ0) is 14.6. The highest BCUT2D eigenvalue weighted by atomic mass is 79.9. The highest BCUT2D eigenvalue weighted by Gasteiger charge is 2.15. The van der Waals surface area contributed by atoms with Crippen LogP contribution in [0.5, 0.6) is 0 Å². The number of rotatable bonds is 6. The normalized spacial score (nSPS) is 11.5. The Morgan fingerprint density at radius 2 is 2.20 bits per heavy atom. The molecule has 108 valence electrons. The van der Waals surface area contributed by atoms with Crippen molar-refractivity contribution in [3.05, 3.63) is 39.1 Å². The summed E-state index contributed by atoms with van der Waals surface area (Å²) in [5.74, 6) is 0.549. The SMILES string of the molecule is CCNc1cc(S(=O)(=O)NCc2sccc2Br)ccn1. The smallest absolute Gasteiger partial charge is 0.241 e. The van der Waals surface area contributed by atoms with Gasteiger partial charge >= 0.3 is 0 Å². The second-order valence-corrected chi connectivity index (χ2v) is 7.55. The van der Waals surface area contributed by atoms with Gasteiger partial charge in [-0.3, -0.25) is 0 Å². The van der Waals surface area contributed by atoms with E-state index < -0.39 is 10.0 Å². The molecule has 5 nitrogen and oxygen atoms in total. The van der Waals surface area contributed by atoms with Gasteiger partial charge in [-0.25, -0.2) is 18.1 Å². The molecule has 0 aliphatic heterocycles. The summed E-state index contributed by atoms with van der Waals surface area (Å²) in [5.41, 5.74) is 0. The minimum absolute atomic E-state index is 0.205. The molecule has 2 aromatic heterocycles. The molecular formula is C12H14BrN3O2S2. The number of thiophene rings is 1. The van der Waals surface area contributed by atoms with Crippen LogP contribution in [0.15, 0.2) is 39.1 Å². The van der Waals surface area contributed by atoms with Crippen molar-refractivity contribution in [2.45, 2.75) is 18.4 Å². The van der Waals surface area contributed by atoms with Crippen molar-refractivity contribution in [1.29, 1.82) is 0 Å². The predicted molar refractivity (Wildman–Crippen MR) is 84.4 cm³/mol. The largest absolute Gasteiger partial charge is 0.370 e. The van der Waals surface area contributed by atoms with E-state index in [2.05, 4.69) is 31.0 Å². The molecule has 2 aromatic rings. The van der Waals surface area contributed by atoms with Gasteiger partial charge in [-0.1, -0.05) is 0 Å². The van der Waals surface area contributed by atoms with Crippen LogP contribution in [-0.4, -0.2) is 19.9 Å². The van der Waals surface area contributed by atoms with E-state index >= 15 is 0 Å². The minimum atomic E-state index is -3.54. The van der Waals surface area contributed by atoms with E-state index in [-0.39, 0.29) is 11.4 Å². The molecule has 0 saturated heterocycles. The van der Waals surface area contributed by atoms with Gasteiger partial charge in [-0.15, -0.1) is 11.3 Å². The van der Waals surface area contributed by atoms with Gasteiger partial charge in [-0.05, 0) is 40.4 Å². The maximum atomic E-state index is 12.2. The number of sulfonamides is 1. The van der Waals surface area contributed by atoms with Crippen LogP contribution in [0.25, 0.3) is 0 Å². The molecule has 0 saturated carbocycles. The Labute approximate surface area is 130 Å². The fraction of sp³-hybridized carbons (Fsp3) is 0.250. The van der Waals surface area contributed by atoms with Crippen molar-refractivity contribution in [3.8, 4) is 0 Å². The fourth-order valence-corrected chi connectivity index (χ4v) is 4.08. The Balaban J connectivity index is 2.14. The van der Waals surface area contributed by atoms with Gasteiger partial charge < -0.3 is 5.32 Å². The molecule has 0 aromatic carbocycles. The van der Waals surface area contributed by atoms with Crippen LogP contribution < -0.4 is 10.0 Å². The molecule has 0 fully saturated rings. The molecule has 2 rings (SSSR count). The molecular weight excluding hydrogens is 362 g/mol. The Bertz CT molecular complexity index is 686. The highest BCUT2D eigenvalue weighted by molar-refractivity contribution is 9.10. The number of hydrogen-bond acceptors (Lipinski definition) is 5. The highest BCUT2D eigenvalue weighted by Crippen LogP contribution is 2.23. The number of hydrogen-bond donors (Lipinski definition) is 2. The van der Waals surface area contributed by atoms with Crippen LogP contribution in [0.3, 0.4) is 0 Å². The maximum absolute atomic E-state index is 12.2. The fourth-order valence-electron chi connectivity index (χ4n) is 1.55. The number of halogens is 1. The van der Waals surface area contributed by atoms with Crippen molar-refractivity contribution in [2.75, 3.05) is 11.9 Å². The number of anilines is 1. The zero-order valence-electron chi connectivity index (χ0n) is 10.8. The van der Waals surface area contributed by atoms with E-state index in [1.807, 2.05) is 18.4 Å². The van der Waals surface area contributed by atoms with E-state index in [9.17, 15) is 8.42 Å². The Hall–Kier alpha value is -0.960. The van der Waals surface area contributed by atoms with Crippen LogP contribution in [0, 0.1) is 0 Å². The van der Waals surface area contributed by atoms with Crippen LogP contribution >= 0.6 is 27.3 Å². The third-order valence-corrected chi connectivity index (χ3v) is 5.84. The molecule has 2 heterocycles. The van der Waals surface area contributed by atoms with Crippen molar-refractivity contribution in [3.63, 3.8) is 0 Å². The van der Waals surface area contributed by atoms with E-state index in [0.29, 0.717) is 12.4 Å². The Morgan fingerprint density at radius 1 is 1.40 bits per heavy atom. The molecule has 0 radical (unpaired) electrons. The van der Waals surface area contributed by atoms with Crippen LogP contribution in [0.1, 0.15) is 11.8 Å². The summed E-state index contributed by atoms with van der Waals surface area (Å²) in [6.45, 7) is 2.88. The molecule has 20 heavy (non-hydrogen) atoms. The average Bonchev–Trinajstić information content (AvgIpc) is 2.83. The molecule has 0 atom stereocenters. The topological polar surface area (TPSA) is 71.1 Å². The van der Waals surface area contributed by atoms with E-state index in [1.54, 1.807) is 0 Å². The third kappa shape index (κ3) is 3.78. The summed E-state index contributed by atoms with van der Waals surface area (Å²) >= 11 is 4.88. The Morgan fingerprint density at radius 3 is 2.85 bits per heavy atom. The summed E-state index contributed by atoms with van der Waals surface area (Å²) in [4.78, 5) is 5.20. The Kier molecular flexibility index (Phi) is 5.14. The second kappa shape index (κ2) is 6.66.